The van der Waals surface area contributed by atoms with Crippen LogP contribution >= 0.6 is 47.8 Å². The maximum Gasteiger partial charge on any atom is 0.282 e. The summed E-state index contributed by atoms with van der Waals surface area (Å²) in [5.41, 5.74) is 2.33. The first-order valence-electron chi connectivity index (χ1n) is 9.87. The highest BCUT2D eigenvalue weighted by Crippen LogP contribution is 2.24. The van der Waals surface area contributed by atoms with Crippen molar-refractivity contribution in [3.05, 3.63) is 101 Å². The number of rotatable bonds is 6. The number of hydrogen-bond donors (Lipinski definition) is 0. The summed E-state index contributed by atoms with van der Waals surface area (Å²) in [5, 5.41) is 4.96. The van der Waals surface area contributed by atoms with E-state index in [1.165, 1.54) is 4.68 Å². The largest absolute Gasteiger partial charge is 0.489 e. The highest BCUT2D eigenvalue weighted by molar-refractivity contribution is 9.11. The molecular formula is C24H18Br3N3O2. The van der Waals surface area contributed by atoms with Crippen molar-refractivity contribution in [1.82, 2.24) is 9.66 Å². The molecule has 0 aliphatic heterocycles. The number of nitrogens with zero attached hydrogens (tertiary/aromatic N) is 3. The second-order valence-corrected chi connectivity index (χ2v) is 9.69. The molecule has 5 nitrogen and oxygen atoms in total. The first kappa shape index (κ1) is 22.9. The van der Waals surface area contributed by atoms with Crippen LogP contribution in [0.4, 0.5) is 0 Å². The van der Waals surface area contributed by atoms with Gasteiger partial charge in [-0.2, -0.15) is 9.78 Å². The fourth-order valence-electron chi connectivity index (χ4n) is 3.15. The standard InChI is InChI=1S/C24H18Br3N3O2/c1-2-23-29-22-9-8-17(25)11-20(22)24(31)30(23)28-13-15-4-3-5-19(10-15)32-14-16-6-7-18(26)12-21(16)27/h3-13H,2,14H2,1H3. The van der Waals surface area contributed by atoms with Crippen molar-refractivity contribution in [2.45, 2.75) is 20.0 Å². The molecule has 0 amide bonds. The normalized spacial score (nSPS) is 11.4. The van der Waals surface area contributed by atoms with E-state index in [1.807, 2.05) is 61.5 Å². The fourth-order valence-corrected chi connectivity index (χ4v) is 4.67. The third-order valence-electron chi connectivity index (χ3n) is 4.78. The van der Waals surface area contributed by atoms with Gasteiger partial charge in [0.05, 0.1) is 17.1 Å². The van der Waals surface area contributed by atoms with Gasteiger partial charge in [0, 0.05) is 25.4 Å². The third kappa shape index (κ3) is 5.19. The lowest BCUT2D eigenvalue weighted by Crippen LogP contribution is -2.22. The summed E-state index contributed by atoms with van der Waals surface area (Å²) in [7, 11) is 0. The van der Waals surface area contributed by atoms with Gasteiger partial charge in [-0.1, -0.05) is 72.9 Å². The van der Waals surface area contributed by atoms with E-state index < -0.39 is 0 Å². The van der Waals surface area contributed by atoms with E-state index in [4.69, 9.17) is 4.74 Å². The van der Waals surface area contributed by atoms with E-state index in [2.05, 4.69) is 57.9 Å². The van der Waals surface area contributed by atoms with Crippen molar-refractivity contribution in [3.63, 3.8) is 0 Å². The van der Waals surface area contributed by atoms with E-state index in [0.717, 1.165) is 24.5 Å². The van der Waals surface area contributed by atoms with Crippen LogP contribution in [-0.2, 0) is 13.0 Å². The Morgan fingerprint density at radius 1 is 1.03 bits per heavy atom. The maximum absolute atomic E-state index is 13.0. The molecule has 0 atom stereocenters. The molecule has 0 saturated carbocycles. The average molecular weight is 620 g/mol. The molecule has 0 spiro atoms. The zero-order valence-corrected chi connectivity index (χ0v) is 21.8. The first-order valence-corrected chi connectivity index (χ1v) is 12.2. The van der Waals surface area contributed by atoms with Crippen LogP contribution < -0.4 is 10.3 Å². The number of benzene rings is 3. The Balaban J connectivity index is 1.59. The molecule has 0 fully saturated rings. The molecule has 4 aromatic rings. The van der Waals surface area contributed by atoms with E-state index in [1.54, 1.807) is 12.3 Å². The second-order valence-electron chi connectivity index (χ2n) is 7.00. The Morgan fingerprint density at radius 2 is 1.81 bits per heavy atom. The Morgan fingerprint density at radius 3 is 2.59 bits per heavy atom. The van der Waals surface area contributed by atoms with E-state index in [0.29, 0.717) is 35.5 Å². The quantitative estimate of drug-likeness (QED) is 0.226. The van der Waals surface area contributed by atoms with E-state index >= 15 is 0 Å². The number of aromatic nitrogens is 2. The highest BCUT2D eigenvalue weighted by Gasteiger charge is 2.10. The Kier molecular flexibility index (Phi) is 7.23. The smallest absolute Gasteiger partial charge is 0.282 e. The minimum Gasteiger partial charge on any atom is -0.489 e. The lowest BCUT2D eigenvalue weighted by molar-refractivity contribution is 0.305. The number of hydrogen-bond acceptors (Lipinski definition) is 4. The lowest BCUT2D eigenvalue weighted by atomic mass is 10.2. The molecule has 0 unspecified atom stereocenters. The van der Waals surface area contributed by atoms with Gasteiger partial charge in [-0.25, -0.2) is 4.98 Å². The topological polar surface area (TPSA) is 56.5 Å². The monoisotopic (exact) mass is 617 g/mol. The van der Waals surface area contributed by atoms with Crippen LogP contribution in [0.1, 0.15) is 23.9 Å². The van der Waals surface area contributed by atoms with Gasteiger partial charge in [0.2, 0.25) is 0 Å². The van der Waals surface area contributed by atoms with Crippen LogP contribution in [0.25, 0.3) is 10.9 Å². The molecule has 162 valence electrons. The minimum absolute atomic E-state index is 0.197. The molecule has 3 aromatic carbocycles. The highest BCUT2D eigenvalue weighted by atomic mass is 79.9. The van der Waals surface area contributed by atoms with Gasteiger partial charge in [0.1, 0.15) is 18.2 Å². The molecule has 0 N–H and O–H groups in total. The summed E-state index contributed by atoms with van der Waals surface area (Å²) in [5.74, 6) is 1.32. The number of fused-ring (bicyclic) bond motifs is 1. The third-order valence-corrected chi connectivity index (χ3v) is 6.51. The molecular weight excluding hydrogens is 602 g/mol. The summed E-state index contributed by atoms with van der Waals surface area (Å²) in [6.45, 7) is 2.38. The molecule has 0 radical (unpaired) electrons. The van der Waals surface area contributed by atoms with Crippen LogP contribution in [0.5, 0.6) is 5.75 Å². The van der Waals surface area contributed by atoms with Gasteiger partial charge in [0.15, 0.2) is 0 Å². The van der Waals surface area contributed by atoms with Gasteiger partial charge in [-0.15, -0.1) is 0 Å². The van der Waals surface area contributed by atoms with Crippen LogP contribution in [0.3, 0.4) is 0 Å². The molecule has 1 heterocycles. The van der Waals surface area contributed by atoms with Gasteiger partial charge < -0.3 is 4.74 Å². The Hall–Kier alpha value is -2.29. The van der Waals surface area contributed by atoms with Gasteiger partial charge in [-0.05, 0) is 48.0 Å². The van der Waals surface area contributed by atoms with Gasteiger partial charge >= 0.3 is 0 Å². The lowest BCUT2D eigenvalue weighted by Gasteiger charge is -2.09. The summed E-state index contributed by atoms with van der Waals surface area (Å²) in [6, 6.07) is 19.0. The van der Waals surface area contributed by atoms with Crippen molar-refractivity contribution in [2.75, 3.05) is 0 Å². The predicted molar refractivity (Wildman–Crippen MR) is 139 cm³/mol. The molecule has 1 aromatic heterocycles. The molecule has 0 bridgehead atoms. The van der Waals surface area contributed by atoms with Crippen molar-refractivity contribution < 1.29 is 4.74 Å². The van der Waals surface area contributed by atoms with Crippen molar-refractivity contribution >= 4 is 64.9 Å². The van der Waals surface area contributed by atoms with Crippen LogP contribution in [-0.4, -0.2) is 15.9 Å². The SMILES string of the molecule is CCc1nc2ccc(Br)cc2c(=O)n1N=Cc1cccc(OCc2ccc(Br)cc2Br)c1. The van der Waals surface area contributed by atoms with Crippen molar-refractivity contribution in [3.8, 4) is 5.75 Å². The summed E-state index contributed by atoms with van der Waals surface area (Å²) < 4.78 is 10.1. The molecule has 8 heteroatoms. The van der Waals surface area contributed by atoms with E-state index in [9.17, 15) is 4.79 Å². The minimum atomic E-state index is -0.197. The van der Waals surface area contributed by atoms with Gasteiger partial charge in [0.25, 0.3) is 5.56 Å². The number of ether oxygens (including phenoxy) is 1. The molecule has 0 aliphatic rings. The molecule has 4 rings (SSSR count). The van der Waals surface area contributed by atoms with Crippen LogP contribution in [0.15, 0.2) is 84.0 Å². The fraction of sp³-hybridized carbons (Fsp3) is 0.125. The Bertz CT molecular complexity index is 1380. The zero-order chi connectivity index (χ0) is 22.7. The van der Waals surface area contributed by atoms with Crippen molar-refractivity contribution in [1.29, 1.82) is 0 Å². The van der Waals surface area contributed by atoms with E-state index in [-0.39, 0.29) is 5.56 Å². The maximum atomic E-state index is 13.0. The Labute approximate surface area is 210 Å². The zero-order valence-electron chi connectivity index (χ0n) is 17.1. The molecule has 0 aliphatic carbocycles. The summed E-state index contributed by atoms with van der Waals surface area (Å²) in [4.78, 5) is 17.6. The average Bonchev–Trinajstić information content (AvgIpc) is 2.78. The van der Waals surface area contributed by atoms with Crippen LogP contribution in [0.2, 0.25) is 0 Å². The second kappa shape index (κ2) is 10.1. The van der Waals surface area contributed by atoms with Crippen molar-refractivity contribution in [2.24, 2.45) is 5.10 Å². The van der Waals surface area contributed by atoms with Crippen LogP contribution in [0, 0.1) is 0 Å². The number of aryl methyl sites for hydroxylation is 1. The van der Waals surface area contributed by atoms with Gasteiger partial charge in [-0.3, -0.25) is 4.79 Å². The summed E-state index contributed by atoms with van der Waals surface area (Å²) in [6.07, 6.45) is 2.23. The number of halogens is 3. The molecule has 32 heavy (non-hydrogen) atoms. The summed E-state index contributed by atoms with van der Waals surface area (Å²) >= 11 is 10.4. The molecule has 0 saturated heterocycles. The first-order chi connectivity index (χ1) is 15.4. The predicted octanol–water partition coefficient (Wildman–Crippen LogP) is 6.71.